The number of phosphoric acid groups is 1. The van der Waals surface area contributed by atoms with Crippen molar-refractivity contribution < 1.29 is 47.8 Å². The molecule has 0 radical (unpaired) electrons. The Kier molecular flexibility index (Phi) is 25.1. The summed E-state index contributed by atoms with van der Waals surface area (Å²) >= 11 is 0. The number of esters is 2. The van der Waals surface area contributed by atoms with Gasteiger partial charge in [0.05, 0.1) is 26.4 Å². The minimum absolute atomic E-state index is 0.149. The first-order valence-corrected chi connectivity index (χ1v) is 15.7. The van der Waals surface area contributed by atoms with Crippen molar-refractivity contribution in [2.45, 2.75) is 90.3 Å². The monoisotopic (exact) mass is 600 g/mol. The lowest BCUT2D eigenvalue weighted by Crippen LogP contribution is -2.28. The number of carbonyl (C=O) groups excluding carboxylic acids is 2. The van der Waals surface area contributed by atoms with Gasteiger partial charge < -0.3 is 24.6 Å². The van der Waals surface area contributed by atoms with Crippen LogP contribution in [0.1, 0.15) is 78.1 Å². The van der Waals surface area contributed by atoms with Crippen molar-refractivity contribution in [3.8, 4) is 0 Å². The van der Waals surface area contributed by atoms with Crippen molar-refractivity contribution in [1.82, 2.24) is 0 Å². The van der Waals surface area contributed by atoms with E-state index in [-0.39, 0.29) is 6.42 Å². The van der Waals surface area contributed by atoms with E-state index in [1.807, 2.05) is 0 Å². The number of hydrogen-bond acceptors (Lipinski definition) is 9. The van der Waals surface area contributed by atoms with Gasteiger partial charge in [0.25, 0.3) is 0 Å². The number of unbranched alkanes of at least 4 members (excludes halogenated alkanes) is 3. The third kappa shape index (κ3) is 26.3. The third-order valence-corrected chi connectivity index (χ3v) is 6.25. The van der Waals surface area contributed by atoms with Crippen molar-refractivity contribution >= 4 is 19.8 Å². The molecule has 10 nitrogen and oxygen atoms in total. The van der Waals surface area contributed by atoms with Gasteiger partial charge in [-0.05, 0) is 51.4 Å². The van der Waals surface area contributed by atoms with Gasteiger partial charge in [0, 0.05) is 13.3 Å². The minimum atomic E-state index is -4.59. The fraction of sp³-hybridized carbons (Fsp3) is 0.600. The summed E-state index contributed by atoms with van der Waals surface area (Å²) in [6, 6.07) is 0. The van der Waals surface area contributed by atoms with E-state index in [4.69, 9.17) is 14.4 Å². The maximum absolute atomic E-state index is 12.0. The molecule has 11 heteroatoms. The minimum Gasteiger partial charge on any atom is -0.458 e. The van der Waals surface area contributed by atoms with Crippen molar-refractivity contribution in [1.29, 1.82) is 0 Å². The molecule has 234 valence electrons. The van der Waals surface area contributed by atoms with Gasteiger partial charge in [-0.1, -0.05) is 74.1 Å². The highest BCUT2D eigenvalue weighted by Crippen LogP contribution is 2.43. The van der Waals surface area contributed by atoms with Crippen molar-refractivity contribution in [2.75, 3.05) is 26.4 Å². The van der Waals surface area contributed by atoms with Crippen LogP contribution < -0.4 is 0 Å². The van der Waals surface area contributed by atoms with Gasteiger partial charge in [-0.25, -0.2) is 4.57 Å². The molecule has 0 heterocycles. The highest BCUT2D eigenvalue weighted by atomic mass is 31.2. The average molecular weight is 601 g/mol. The largest absolute Gasteiger partial charge is 0.472 e. The van der Waals surface area contributed by atoms with Gasteiger partial charge in [-0.3, -0.25) is 18.6 Å². The van der Waals surface area contributed by atoms with E-state index >= 15 is 0 Å². The molecule has 0 aromatic rings. The summed E-state index contributed by atoms with van der Waals surface area (Å²) in [5.41, 5.74) is 0. The molecule has 3 unspecified atom stereocenters. The second-order valence-electron chi connectivity index (χ2n) is 9.08. The number of allylic oxidation sites excluding steroid dienone is 10. The smallest absolute Gasteiger partial charge is 0.458 e. The zero-order valence-electron chi connectivity index (χ0n) is 24.5. The second kappa shape index (κ2) is 26.6. The standard InChI is InChI=1S/C30H49O10P/c1-3-4-5-6-7-8-9-10-11-12-13-14-15-16-17-18-19-20-21-22-30(34)40-29(24-32)26-38-41(35,36)37-25-28(23-31)39-27(2)33/h4-5,7-8,10-11,13-14,16-17,28-29,31-32H,3,6,9,12,15,18-26H2,1-2H3,(H,35,36)/b5-4-,8-7-,11-10-,14-13-,17-16-. The summed E-state index contributed by atoms with van der Waals surface area (Å²) < 4.78 is 31.1. The van der Waals surface area contributed by atoms with Crippen molar-refractivity contribution in [3.05, 3.63) is 60.8 Å². The molecule has 0 spiro atoms. The summed E-state index contributed by atoms with van der Waals surface area (Å²) in [7, 11) is -4.59. The Bertz CT molecular complexity index is 878. The fourth-order valence-electron chi connectivity index (χ4n) is 3.20. The summed E-state index contributed by atoms with van der Waals surface area (Å²) in [6.07, 6.45) is 27.6. The van der Waals surface area contributed by atoms with Crippen LogP contribution in [0.3, 0.4) is 0 Å². The maximum atomic E-state index is 12.0. The van der Waals surface area contributed by atoms with Gasteiger partial charge in [-0.2, -0.15) is 0 Å². The van der Waals surface area contributed by atoms with Crippen LogP contribution in [0.5, 0.6) is 0 Å². The normalized spacial score (nSPS) is 15.3. The second-order valence-corrected chi connectivity index (χ2v) is 10.5. The molecule has 3 atom stereocenters. The summed E-state index contributed by atoms with van der Waals surface area (Å²) in [5.74, 6) is -1.24. The average Bonchev–Trinajstić information content (AvgIpc) is 2.94. The van der Waals surface area contributed by atoms with Gasteiger partial charge in [0.2, 0.25) is 0 Å². The molecule has 0 aromatic carbocycles. The zero-order chi connectivity index (χ0) is 30.6. The Balaban J connectivity index is 3.94. The molecule has 0 saturated carbocycles. The first-order valence-electron chi connectivity index (χ1n) is 14.2. The van der Waals surface area contributed by atoms with Gasteiger partial charge >= 0.3 is 19.8 Å². The zero-order valence-corrected chi connectivity index (χ0v) is 25.4. The number of aliphatic hydroxyl groups excluding tert-OH is 2. The predicted octanol–water partition coefficient (Wildman–Crippen LogP) is 5.65. The molecule has 3 N–H and O–H groups in total. The van der Waals surface area contributed by atoms with Gasteiger partial charge in [0.15, 0.2) is 0 Å². The number of rotatable bonds is 25. The molecule has 0 saturated heterocycles. The molecule has 0 aliphatic heterocycles. The fourth-order valence-corrected chi connectivity index (χ4v) is 3.98. The van der Waals surface area contributed by atoms with Gasteiger partial charge in [0.1, 0.15) is 12.2 Å². The van der Waals surface area contributed by atoms with E-state index in [2.05, 4.69) is 76.9 Å². The van der Waals surface area contributed by atoms with E-state index in [9.17, 15) is 24.2 Å². The first kappa shape index (κ1) is 38.7. The molecule has 0 fully saturated rings. The van der Waals surface area contributed by atoms with Crippen LogP contribution in [0.15, 0.2) is 60.8 Å². The van der Waals surface area contributed by atoms with Crippen LogP contribution in [-0.4, -0.2) is 65.7 Å². The van der Waals surface area contributed by atoms with E-state index < -0.39 is 58.4 Å². The van der Waals surface area contributed by atoms with E-state index in [1.54, 1.807) is 0 Å². The molecule has 0 bridgehead atoms. The Morgan fingerprint density at radius 3 is 1.63 bits per heavy atom. The molecule has 0 rings (SSSR count). The highest BCUT2D eigenvalue weighted by molar-refractivity contribution is 7.47. The Labute approximate surface area is 245 Å². The van der Waals surface area contributed by atoms with Crippen LogP contribution >= 0.6 is 7.82 Å². The number of ether oxygens (including phenoxy) is 2. The van der Waals surface area contributed by atoms with E-state index in [0.717, 1.165) is 58.3 Å². The van der Waals surface area contributed by atoms with Crippen LogP contribution in [0, 0.1) is 0 Å². The maximum Gasteiger partial charge on any atom is 0.472 e. The SMILES string of the molecule is CC/C=C\C/C=C\C/C=C\C/C=C\C/C=C\CCCCCC(=O)OC(CO)COP(=O)(O)OCC(CO)OC(C)=O. The van der Waals surface area contributed by atoms with E-state index in [0.29, 0.717) is 6.42 Å². The molecule has 0 aliphatic carbocycles. The molecule has 0 amide bonds. The van der Waals surface area contributed by atoms with Crippen LogP contribution in [0.2, 0.25) is 0 Å². The molecular formula is C30H49O10P. The number of phosphoric ester groups is 1. The number of carbonyl (C=O) groups is 2. The molecule has 0 aromatic heterocycles. The van der Waals surface area contributed by atoms with Crippen molar-refractivity contribution in [2.24, 2.45) is 0 Å². The lowest BCUT2D eigenvalue weighted by molar-refractivity contribution is -0.153. The van der Waals surface area contributed by atoms with E-state index in [1.165, 1.54) is 0 Å². The van der Waals surface area contributed by atoms with Gasteiger partial charge in [-0.15, -0.1) is 0 Å². The van der Waals surface area contributed by atoms with Crippen LogP contribution in [0.4, 0.5) is 0 Å². The Morgan fingerprint density at radius 1 is 0.707 bits per heavy atom. The highest BCUT2D eigenvalue weighted by Gasteiger charge is 2.27. The number of aliphatic hydroxyl groups is 2. The first-order chi connectivity index (χ1) is 19.7. The molecule has 41 heavy (non-hydrogen) atoms. The summed E-state index contributed by atoms with van der Waals surface area (Å²) in [6.45, 7) is 0.876. The topological polar surface area (TPSA) is 149 Å². The quantitative estimate of drug-likeness (QED) is 0.0519. The lowest BCUT2D eigenvalue weighted by atomic mass is 10.1. The van der Waals surface area contributed by atoms with Crippen LogP contribution in [-0.2, 0) is 32.7 Å². The lowest BCUT2D eigenvalue weighted by Gasteiger charge is -2.20. The summed E-state index contributed by atoms with van der Waals surface area (Å²) in [5, 5.41) is 18.5. The third-order valence-electron chi connectivity index (χ3n) is 5.29. The Hall–Kier alpha value is -2.33. The summed E-state index contributed by atoms with van der Waals surface area (Å²) in [4.78, 5) is 32.6. The predicted molar refractivity (Wildman–Crippen MR) is 159 cm³/mol. The number of hydrogen-bond donors (Lipinski definition) is 3. The Morgan fingerprint density at radius 2 is 1.17 bits per heavy atom. The molecule has 0 aliphatic rings. The van der Waals surface area contributed by atoms with Crippen molar-refractivity contribution in [3.63, 3.8) is 0 Å². The molecular weight excluding hydrogens is 551 g/mol. The van der Waals surface area contributed by atoms with Crippen LogP contribution in [0.25, 0.3) is 0 Å².